The molecule has 1 atom stereocenters. The number of halogens is 1. The standard InChI is InChI=1S/C15H23FN4O2/c1-12(6-7-19-10-8-18(2)9-11-19)17-14-5-3-4-13(16)15(14)20(21)22/h3-5,12,17H,6-11H2,1-2H3. The summed E-state index contributed by atoms with van der Waals surface area (Å²) in [6.07, 6.45) is 0.859. The first-order chi connectivity index (χ1) is 10.5. The van der Waals surface area contributed by atoms with Gasteiger partial charge in [0.25, 0.3) is 0 Å². The van der Waals surface area contributed by atoms with E-state index in [9.17, 15) is 14.5 Å². The summed E-state index contributed by atoms with van der Waals surface area (Å²) in [5.74, 6) is -0.804. The Morgan fingerprint density at radius 2 is 2.05 bits per heavy atom. The molecule has 2 rings (SSSR count). The fraction of sp³-hybridized carbons (Fsp3) is 0.600. The molecule has 122 valence electrons. The van der Waals surface area contributed by atoms with Gasteiger partial charge in [-0.1, -0.05) is 6.07 Å². The molecule has 0 aromatic heterocycles. The first kappa shape index (κ1) is 16.6. The monoisotopic (exact) mass is 310 g/mol. The minimum atomic E-state index is -0.804. The number of anilines is 1. The lowest BCUT2D eigenvalue weighted by Crippen LogP contribution is -2.45. The number of hydrogen-bond donors (Lipinski definition) is 1. The summed E-state index contributed by atoms with van der Waals surface area (Å²) in [7, 11) is 2.12. The van der Waals surface area contributed by atoms with E-state index >= 15 is 0 Å². The van der Waals surface area contributed by atoms with Gasteiger partial charge in [-0.05, 0) is 32.5 Å². The zero-order valence-electron chi connectivity index (χ0n) is 13.1. The van der Waals surface area contributed by atoms with Crippen molar-refractivity contribution in [1.82, 2.24) is 9.80 Å². The van der Waals surface area contributed by atoms with Crippen molar-refractivity contribution < 1.29 is 9.31 Å². The maximum atomic E-state index is 13.6. The van der Waals surface area contributed by atoms with Crippen molar-refractivity contribution >= 4 is 11.4 Å². The number of hydrogen-bond acceptors (Lipinski definition) is 5. The van der Waals surface area contributed by atoms with Gasteiger partial charge in [0.05, 0.1) is 4.92 Å². The van der Waals surface area contributed by atoms with E-state index in [0.717, 1.165) is 45.2 Å². The molecule has 0 spiro atoms. The van der Waals surface area contributed by atoms with Gasteiger partial charge >= 0.3 is 5.69 Å². The molecule has 7 heteroatoms. The molecule has 1 aliphatic heterocycles. The molecule has 1 fully saturated rings. The third-order valence-corrected chi connectivity index (χ3v) is 4.05. The van der Waals surface area contributed by atoms with Crippen molar-refractivity contribution in [1.29, 1.82) is 0 Å². The molecule has 0 bridgehead atoms. The summed E-state index contributed by atoms with van der Waals surface area (Å²) in [6, 6.07) is 4.18. The summed E-state index contributed by atoms with van der Waals surface area (Å²) < 4.78 is 13.6. The Morgan fingerprint density at radius 3 is 2.68 bits per heavy atom. The quantitative estimate of drug-likeness (QED) is 0.644. The maximum absolute atomic E-state index is 13.6. The summed E-state index contributed by atoms with van der Waals surface area (Å²) >= 11 is 0. The largest absolute Gasteiger partial charge is 0.377 e. The fourth-order valence-electron chi connectivity index (χ4n) is 2.60. The molecule has 6 nitrogen and oxygen atoms in total. The van der Waals surface area contributed by atoms with Crippen LogP contribution in [0.5, 0.6) is 0 Å². The molecule has 1 unspecified atom stereocenters. The third-order valence-electron chi connectivity index (χ3n) is 4.05. The molecular weight excluding hydrogens is 287 g/mol. The van der Waals surface area contributed by atoms with Crippen LogP contribution in [0.2, 0.25) is 0 Å². The Kier molecular flexibility index (Phi) is 5.68. The smallest absolute Gasteiger partial charge is 0.327 e. The number of likely N-dealkylation sites (N-methyl/N-ethyl adjacent to an activating group) is 1. The Balaban J connectivity index is 1.88. The van der Waals surface area contributed by atoms with Gasteiger partial charge in [-0.3, -0.25) is 10.1 Å². The molecule has 1 aromatic carbocycles. The SMILES string of the molecule is CC(CCN1CCN(C)CC1)Nc1cccc(F)c1[N+](=O)[O-]. The van der Waals surface area contributed by atoms with E-state index in [1.54, 1.807) is 6.07 Å². The number of nitro benzene ring substituents is 1. The predicted molar refractivity (Wildman–Crippen MR) is 84.7 cm³/mol. The molecule has 1 heterocycles. The molecule has 0 aliphatic carbocycles. The van der Waals surface area contributed by atoms with E-state index in [1.165, 1.54) is 6.07 Å². The molecule has 1 aromatic rings. The van der Waals surface area contributed by atoms with Crippen molar-refractivity contribution in [3.63, 3.8) is 0 Å². The number of benzene rings is 1. The zero-order valence-corrected chi connectivity index (χ0v) is 13.1. The van der Waals surface area contributed by atoms with Crippen LogP contribution in [-0.4, -0.2) is 60.5 Å². The van der Waals surface area contributed by atoms with Gasteiger partial charge in [0, 0.05) is 38.8 Å². The molecule has 0 radical (unpaired) electrons. The highest BCUT2D eigenvalue weighted by atomic mass is 19.1. The first-order valence-corrected chi connectivity index (χ1v) is 7.57. The molecule has 0 amide bonds. The van der Waals surface area contributed by atoms with Crippen molar-refractivity contribution in [3.8, 4) is 0 Å². The van der Waals surface area contributed by atoms with Gasteiger partial charge in [0.15, 0.2) is 0 Å². The highest BCUT2D eigenvalue weighted by molar-refractivity contribution is 5.62. The minimum absolute atomic E-state index is 0.0418. The van der Waals surface area contributed by atoms with Gasteiger partial charge in [0.1, 0.15) is 5.69 Å². The Labute approximate surface area is 130 Å². The molecule has 22 heavy (non-hydrogen) atoms. The maximum Gasteiger partial charge on any atom is 0.327 e. The highest BCUT2D eigenvalue weighted by Crippen LogP contribution is 2.28. The van der Waals surface area contributed by atoms with E-state index in [1.807, 2.05) is 6.92 Å². The Hall–Kier alpha value is -1.73. The topological polar surface area (TPSA) is 61.6 Å². The van der Waals surface area contributed by atoms with Gasteiger partial charge in [-0.2, -0.15) is 4.39 Å². The summed E-state index contributed by atoms with van der Waals surface area (Å²) in [5.41, 5.74) is -0.232. The second-order valence-electron chi connectivity index (χ2n) is 5.87. The van der Waals surface area contributed by atoms with Crippen molar-refractivity contribution in [3.05, 3.63) is 34.1 Å². The van der Waals surface area contributed by atoms with Crippen LogP contribution in [-0.2, 0) is 0 Å². The Bertz CT molecular complexity index is 518. The van der Waals surface area contributed by atoms with E-state index < -0.39 is 16.4 Å². The van der Waals surface area contributed by atoms with Crippen LogP contribution in [0.1, 0.15) is 13.3 Å². The fourth-order valence-corrected chi connectivity index (χ4v) is 2.60. The van der Waals surface area contributed by atoms with Crippen molar-refractivity contribution in [2.75, 3.05) is 45.1 Å². The average molecular weight is 310 g/mol. The second-order valence-corrected chi connectivity index (χ2v) is 5.87. The van der Waals surface area contributed by atoms with Crippen molar-refractivity contribution in [2.24, 2.45) is 0 Å². The van der Waals surface area contributed by atoms with Gasteiger partial charge in [-0.25, -0.2) is 0 Å². The highest BCUT2D eigenvalue weighted by Gasteiger charge is 2.21. The first-order valence-electron chi connectivity index (χ1n) is 7.57. The van der Waals surface area contributed by atoms with Gasteiger partial charge < -0.3 is 15.1 Å². The summed E-state index contributed by atoms with van der Waals surface area (Å²) in [6.45, 7) is 7.12. The van der Waals surface area contributed by atoms with Gasteiger partial charge in [0.2, 0.25) is 5.82 Å². The number of piperazine rings is 1. The van der Waals surface area contributed by atoms with Crippen LogP contribution >= 0.6 is 0 Å². The van der Waals surface area contributed by atoms with E-state index in [0.29, 0.717) is 0 Å². The number of nitrogens with one attached hydrogen (secondary N) is 1. The summed E-state index contributed by atoms with van der Waals surface area (Å²) in [4.78, 5) is 15.0. The number of rotatable bonds is 6. The molecular formula is C15H23FN4O2. The van der Waals surface area contributed by atoms with Crippen LogP contribution < -0.4 is 5.32 Å². The number of para-hydroxylation sites is 1. The predicted octanol–water partition coefficient (Wildman–Crippen LogP) is 2.17. The minimum Gasteiger partial charge on any atom is -0.377 e. The van der Waals surface area contributed by atoms with Crippen LogP contribution in [0.15, 0.2) is 18.2 Å². The van der Waals surface area contributed by atoms with Crippen LogP contribution in [0.25, 0.3) is 0 Å². The number of nitrogens with zero attached hydrogens (tertiary/aromatic N) is 3. The molecule has 1 saturated heterocycles. The average Bonchev–Trinajstić information content (AvgIpc) is 2.46. The lowest BCUT2D eigenvalue weighted by atomic mass is 10.2. The van der Waals surface area contributed by atoms with E-state index in [2.05, 4.69) is 22.2 Å². The normalized spacial score (nSPS) is 18.1. The van der Waals surface area contributed by atoms with Crippen LogP contribution in [0.3, 0.4) is 0 Å². The van der Waals surface area contributed by atoms with Crippen LogP contribution in [0.4, 0.5) is 15.8 Å². The third kappa shape index (κ3) is 4.38. The second kappa shape index (κ2) is 7.51. The zero-order chi connectivity index (χ0) is 16.1. The number of nitro groups is 1. The lowest BCUT2D eigenvalue weighted by Gasteiger charge is -2.33. The molecule has 1 N–H and O–H groups in total. The molecule has 0 saturated carbocycles. The van der Waals surface area contributed by atoms with Gasteiger partial charge in [-0.15, -0.1) is 0 Å². The van der Waals surface area contributed by atoms with Crippen molar-refractivity contribution in [2.45, 2.75) is 19.4 Å². The Morgan fingerprint density at radius 1 is 1.36 bits per heavy atom. The van der Waals surface area contributed by atoms with Crippen LogP contribution in [0, 0.1) is 15.9 Å². The lowest BCUT2D eigenvalue weighted by molar-refractivity contribution is -0.386. The summed E-state index contributed by atoms with van der Waals surface area (Å²) in [5, 5.41) is 14.0. The molecule has 1 aliphatic rings. The van der Waals surface area contributed by atoms with E-state index in [-0.39, 0.29) is 11.7 Å². The van der Waals surface area contributed by atoms with E-state index in [4.69, 9.17) is 0 Å².